The number of anilines is 1. The summed E-state index contributed by atoms with van der Waals surface area (Å²) in [7, 11) is 0. The minimum Gasteiger partial charge on any atom is -0.478 e. The monoisotopic (exact) mass is 402 g/mol. The quantitative estimate of drug-likeness (QED) is 0.723. The lowest BCUT2D eigenvalue weighted by Gasteiger charge is -2.29. The average molecular weight is 402 g/mol. The molecule has 1 N–H and O–H groups in total. The highest BCUT2D eigenvalue weighted by atomic mass is 16.5. The van der Waals surface area contributed by atoms with Crippen LogP contribution in [0.5, 0.6) is 0 Å². The van der Waals surface area contributed by atoms with Crippen LogP contribution in [0, 0.1) is 0 Å². The van der Waals surface area contributed by atoms with Crippen molar-refractivity contribution < 1.29 is 19.4 Å². The van der Waals surface area contributed by atoms with Gasteiger partial charge in [0, 0.05) is 31.9 Å². The van der Waals surface area contributed by atoms with E-state index < -0.39 is 5.97 Å². The van der Waals surface area contributed by atoms with E-state index in [0.717, 1.165) is 35.3 Å². The zero-order chi connectivity index (χ0) is 20.7. The van der Waals surface area contributed by atoms with Gasteiger partial charge in [-0.25, -0.2) is 4.79 Å². The first kappa shape index (κ1) is 18.6. The van der Waals surface area contributed by atoms with E-state index in [1.54, 1.807) is 4.90 Å². The van der Waals surface area contributed by atoms with Crippen molar-refractivity contribution >= 4 is 28.3 Å². The first-order chi connectivity index (χ1) is 14.6. The summed E-state index contributed by atoms with van der Waals surface area (Å²) in [4.78, 5) is 29.4. The average Bonchev–Trinajstić information content (AvgIpc) is 3.07. The smallest absolute Gasteiger partial charge is 0.337 e. The Morgan fingerprint density at radius 1 is 1.03 bits per heavy atom. The second kappa shape index (κ2) is 7.46. The lowest BCUT2D eigenvalue weighted by atomic mass is 9.94. The number of carboxylic acids is 1. The molecule has 1 amide bonds. The largest absolute Gasteiger partial charge is 0.478 e. The minimum absolute atomic E-state index is 0.109. The van der Waals surface area contributed by atoms with Crippen molar-refractivity contribution in [1.82, 2.24) is 4.90 Å². The SMILES string of the molecule is O=C(O)c1c2c(cc3ccc(N4CCOCC4)cc13)CN(Cc1ccccc1)C2=O. The van der Waals surface area contributed by atoms with Gasteiger partial charge in [-0.2, -0.15) is 0 Å². The first-order valence-corrected chi connectivity index (χ1v) is 10.1. The zero-order valence-corrected chi connectivity index (χ0v) is 16.5. The highest BCUT2D eigenvalue weighted by molar-refractivity contribution is 6.16. The molecule has 0 radical (unpaired) electrons. The molecule has 3 aromatic rings. The van der Waals surface area contributed by atoms with E-state index in [2.05, 4.69) is 4.90 Å². The zero-order valence-electron chi connectivity index (χ0n) is 16.5. The number of carbonyl (C=O) groups excluding carboxylic acids is 1. The van der Waals surface area contributed by atoms with Crippen molar-refractivity contribution in [3.8, 4) is 0 Å². The molecular weight excluding hydrogens is 380 g/mol. The third-order valence-electron chi connectivity index (χ3n) is 5.88. The van der Waals surface area contributed by atoms with Crippen LogP contribution in [0.1, 0.15) is 31.8 Å². The van der Waals surface area contributed by atoms with E-state index in [0.29, 0.717) is 37.3 Å². The van der Waals surface area contributed by atoms with Gasteiger partial charge in [0.05, 0.1) is 24.3 Å². The Balaban J connectivity index is 1.58. The standard InChI is InChI=1S/C24H22N2O4/c27-23-21-18(15-26(23)14-16-4-2-1-3-5-16)12-17-6-7-19(25-8-10-30-11-9-25)13-20(17)22(21)24(28)29/h1-7,12-13H,8-11,14-15H2,(H,28,29). The molecule has 0 aromatic heterocycles. The van der Waals surface area contributed by atoms with Crippen LogP contribution in [-0.4, -0.2) is 48.2 Å². The summed E-state index contributed by atoms with van der Waals surface area (Å²) in [5, 5.41) is 11.5. The number of ether oxygens (including phenoxy) is 1. The lowest BCUT2D eigenvalue weighted by molar-refractivity contribution is 0.0683. The molecular formula is C24H22N2O4. The number of morpholine rings is 1. The van der Waals surface area contributed by atoms with E-state index in [1.165, 1.54) is 0 Å². The molecule has 3 aromatic carbocycles. The number of hydrogen-bond donors (Lipinski definition) is 1. The second-order valence-electron chi connectivity index (χ2n) is 7.74. The van der Waals surface area contributed by atoms with Crippen molar-refractivity contribution in [3.63, 3.8) is 0 Å². The minimum atomic E-state index is -1.06. The van der Waals surface area contributed by atoms with Crippen LogP contribution in [0.25, 0.3) is 10.8 Å². The van der Waals surface area contributed by atoms with E-state index in [1.807, 2.05) is 54.6 Å². The molecule has 6 heteroatoms. The third kappa shape index (κ3) is 3.19. The molecule has 0 aliphatic carbocycles. The Morgan fingerprint density at radius 3 is 2.53 bits per heavy atom. The summed E-state index contributed by atoms with van der Waals surface area (Å²) >= 11 is 0. The molecule has 0 unspecified atom stereocenters. The van der Waals surface area contributed by atoms with Gasteiger partial charge < -0.3 is 19.6 Å². The highest BCUT2D eigenvalue weighted by Gasteiger charge is 2.33. The van der Waals surface area contributed by atoms with Crippen LogP contribution in [0.4, 0.5) is 5.69 Å². The predicted molar refractivity (Wildman–Crippen MR) is 114 cm³/mol. The maximum Gasteiger partial charge on any atom is 0.337 e. The van der Waals surface area contributed by atoms with Gasteiger partial charge in [-0.3, -0.25) is 4.79 Å². The van der Waals surface area contributed by atoms with Crippen molar-refractivity contribution in [2.24, 2.45) is 0 Å². The second-order valence-corrected chi connectivity index (χ2v) is 7.74. The van der Waals surface area contributed by atoms with Crippen LogP contribution >= 0.6 is 0 Å². The molecule has 1 saturated heterocycles. The summed E-state index contributed by atoms with van der Waals surface area (Å²) < 4.78 is 5.42. The van der Waals surface area contributed by atoms with Gasteiger partial charge in [0.15, 0.2) is 0 Å². The summed E-state index contributed by atoms with van der Waals surface area (Å²) in [6.07, 6.45) is 0. The van der Waals surface area contributed by atoms with Crippen LogP contribution in [0.15, 0.2) is 54.6 Å². The molecule has 2 aliphatic rings. The molecule has 30 heavy (non-hydrogen) atoms. The Labute approximate surface area is 174 Å². The van der Waals surface area contributed by atoms with Gasteiger partial charge in [-0.05, 0) is 40.1 Å². The molecule has 0 saturated carbocycles. The predicted octanol–water partition coefficient (Wildman–Crippen LogP) is 3.53. The van der Waals surface area contributed by atoms with Crippen LogP contribution < -0.4 is 4.90 Å². The van der Waals surface area contributed by atoms with Gasteiger partial charge in [0.2, 0.25) is 0 Å². The number of nitrogens with zero attached hydrogens (tertiary/aromatic N) is 2. The van der Waals surface area contributed by atoms with E-state index in [9.17, 15) is 14.7 Å². The normalized spacial score (nSPS) is 16.2. The highest BCUT2D eigenvalue weighted by Crippen LogP contribution is 2.35. The molecule has 1 fully saturated rings. The number of rotatable bonds is 4. The Bertz CT molecular complexity index is 1140. The van der Waals surface area contributed by atoms with Crippen molar-refractivity contribution in [3.05, 3.63) is 76.9 Å². The van der Waals surface area contributed by atoms with Gasteiger partial charge in [0.25, 0.3) is 5.91 Å². The van der Waals surface area contributed by atoms with Crippen molar-refractivity contribution in [2.75, 3.05) is 31.2 Å². The molecule has 6 nitrogen and oxygen atoms in total. The molecule has 0 atom stereocenters. The number of hydrogen-bond acceptors (Lipinski definition) is 4. The van der Waals surface area contributed by atoms with Gasteiger partial charge in [-0.1, -0.05) is 36.4 Å². The Kier molecular flexibility index (Phi) is 4.64. The lowest BCUT2D eigenvalue weighted by Crippen LogP contribution is -2.36. The maximum atomic E-state index is 13.2. The summed E-state index contributed by atoms with van der Waals surface area (Å²) in [6.45, 7) is 3.72. The van der Waals surface area contributed by atoms with E-state index >= 15 is 0 Å². The fourth-order valence-corrected chi connectivity index (χ4v) is 4.42. The summed E-state index contributed by atoms with van der Waals surface area (Å²) in [5.41, 5.74) is 3.19. The molecule has 5 rings (SSSR count). The Hall–Kier alpha value is -3.38. The van der Waals surface area contributed by atoms with Gasteiger partial charge in [0.1, 0.15) is 0 Å². The van der Waals surface area contributed by atoms with Crippen molar-refractivity contribution in [2.45, 2.75) is 13.1 Å². The molecule has 0 bridgehead atoms. The fourth-order valence-electron chi connectivity index (χ4n) is 4.42. The van der Waals surface area contributed by atoms with Crippen molar-refractivity contribution in [1.29, 1.82) is 0 Å². The molecule has 0 spiro atoms. The molecule has 2 heterocycles. The Morgan fingerprint density at radius 2 is 1.80 bits per heavy atom. The van der Waals surface area contributed by atoms with Crippen LogP contribution in [0.2, 0.25) is 0 Å². The first-order valence-electron chi connectivity index (χ1n) is 10.1. The number of amides is 1. The van der Waals surface area contributed by atoms with E-state index in [-0.39, 0.29) is 11.5 Å². The van der Waals surface area contributed by atoms with Gasteiger partial charge >= 0.3 is 5.97 Å². The topological polar surface area (TPSA) is 70.1 Å². The van der Waals surface area contributed by atoms with Gasteiger partial charge in [-0.15, -0.1) is 0 Å². The third-order valence-corrected chi connectivity index (χ3v) is 5.88. The summed E-state index contributed by atoms with van der Waals surface area (Å²) in [5.74, 6) is -1.28. The number of carboxylic acid groups (broad SMARTS) is 1. The number of carbonyl (C=O) groups is 2. The fraction of sp³-hybridized carbons (Fsp3) is 0.250. The number of fused-ring (bicyclic) bond motifs is 2. The number of aromatic carboxylic acids is 1. The maximum absolute atomic E-state index is 13.2. The molecule has 2 aliphatic heterocycles. The van der Waals surface area contributed by atoms with E-state index in [4.69, 9.17) is 4.74 Å². The molecule has 152 valence electrons. The number of benzene rings is 3. The van der Waals surface area contributed by atoms with Crippen LogP contribution in [0.3, 0.4) is 0 Å². The van der Waals surface area contributed by atoms with Crippen LogP contribution in [-0.2, 0) is 17.8 Å². The summed E-state index contributed by atoms with van der Waals surface area (Å²) in [6, 6.07) is 17.6.